The second kappa shape index (κ2) is 10.0. The predicted octanol–water partition coefficient (Wildman–Crippen LogP) is 3.07. The summed E-state index contributed by atoms with van der Waals surface area (Å²) in [7, 11) is 0. The Morgan fingerprint density at radius 1 is 1.13 bits per heavy atom. The van der Waals surface area contributed by atoms with Crippen molar-refractivity contribution in [2.45, 2.75) is 25.7 Å². The van der Waals surface area contributed by atoms with Crippen molar-refractivity contribution in [1.29, 1.82) is 0 Å². The zero-order chi connectivity index (χ0) is 21.5. The summed E-state index contributed by atoms with van der Waals surface area (Å²) >= 11 is 0. The Bertz CT molecular complexity index is 1000. The number of piperidine rings is 1. The summed E-state index contributed by atoms with van der Waals surface area (Å²) in [5.41, 5.74) is 3.32. The molecule has 7 nitrogen and oxygen atoms in total. The number of benzene rings is 1. The van der Waals surface area contributed by atoms with Gasteiger partial charge in [0.25, 0.3) is 5.91 Å². The van der Waals surface area contributed by atoms with Crippen LogP contribution in [-0.4, -0.2) is 51.5 Å². The Morgan fingerprint density at radius 3 is 2.74 bits per heavy atom. The number of amides is 2. The maximum atomic E-state index is 12.9. The fraction of sp³-hybridized carbons (Fsp3) is 0.333. The molecule has 2 aromatic heterocycles. The molecule has 7 heteroatoms. The maximum absolute atomic E-state index is 12.9. The van der Waals surface area contributed by atoms with Crippen LogP contribution in [0.1, 0.15) is 35.3 Å². The molecule has 3 aromatic rings. The predicted molar refractivity (Wildman–Crippen MR) is 118 cm³/mol. The summed E-state index contributed by atoms with van der Waals surface area (Å²) in [5, 5.41) is 10.1. The van der Waals surface area contributed by atoms with Gasteiger partial charge in [-0.2, -0.15) is 5.10 Å². The normalized spacial score (nSPS) is 16.1. The van der Waals surface area contributed by atoms with Crippen molar-refractivity contribution in [3.05, 3.63) is 72.2 Å². The van der Waals surface area contributed by atoms with E-state index in [0.717, 1.165) is 31.2 Å². The van der Waals surface area contributed by atoms with Crippen molar-refractivity contribution < 1.29 is 9.59 Å². The first-order valence-corrected chi connectivity index (χ1v) is 10.8. The molecule has 31 heavy (non-hydrogen) atoms. The van der Waals surface area contributed by atoms with Gasteiger partial charge < -0.3 is 10.2 Å². The van der Waals surface area contributed by atoms with E-state index in [4.69, 9.17) is 0 Å². The monoisotopic (exact) mass is 417 g/mol. The van der Waals surface area contributed by atoms with E-state index in [0.29, 0.717) is 31.0 Å². The maximum Gasteiger partial charge on any atom is 0.271 e. The van der Waals surface area contributed by atoms with Crippen LogP contribution < -0.4 is 5.32 Å². The number of hydrogen-bond acceptors (Lipinski definition) is 4. The Labute approximate surface area is 181 Å². The van der Waals surface area contributed by atoms with Crippen LogP contribution in [-0.2, 0) is 11.2 Å². The Morgan fingerprint density at radius 2 is 1.94 bits per heavy atom. The van der Waals surface area contributed by atoms with E-state index >= 15 is 0 Å². The highest BCUT2D eigenvalue weighted by molar-refractivity contribution is 5.94. The molecule has 3 heterocycles. The van der Waals surface area contributed by atoms with Gasteiger partial charge in [0.05, 0.1) is 11.6 Å². The number of pyridine rings is 1. The van der Waals surface area contributed by atoms with E-state index in [-0.39, 0.29) is 17.7 Å². The number of aromatic amines is 1. The highest BCUT2D eigenvalue weighted by atomic mass is 16.2. The second-order valence-electron chi connectivity index (χ2n) is 7.87. The molecular formula is C24H27N5O2. The van der Waals surface area contributed by atoms with Crippen LogP contribution in [0.5, 0.6) is 0 Å². The van der Waals surface area contributed by atoms with Crippen molar-refractivity contribution in [3.8, 4) is 11.3 Å². The number of carbonyl (C=O) groups excluding carboxylic acids is 2. The number of H-pyrrole nitrogens is 1. The molecule has 1 aromatic carbocycles. The van der Waals surface area contributed by atoms with Gasteiger partial charge in [0.2, 0.25) is 5.91 Å². The van der Waals surface area contributed by atoms with E-state index in [1.165, 1.54) is 5.56 Å². The Balaban J connectivity index is 1.28. The molecule has 1 fully saturated rings. The van der Waals surface area contributed by atoms with Crippen LogP contribution >= 0.6 is 0 Å². The largest absolute Gasteiger partial charge is 0.356 e. The van der Waals surface area contributed by atoms with E-state index in [9.17, 15) is 9.59 Å². The van der Waals surface area contributed by atoms with Crippen LogP contribution in [0.15, 0.2) is 60.9 Å². The number of nitrogens with one attached hydrogen (secondary N) is 2. The highest BCUT2D eigenvalue weighted by Gasteiger charge is 2.29. The van der Waals surface area contributed by atoms with Crippen molar-refractivity contribution in [2.75, 3.05) is 19.6 Å². The first-order chi connectivity index (χ1) is 15.2. The summed E-state index contributed by atoms with van der Waals surface area (Å²) in [6.07, 6.45) is 6.85. The SMILES string of the molecule is O=C(NCCCc1ccccc1)C1CCCN(C(=O)c2cc(-c3ccncc3)n[nH]2)C1. The van der Waals surface area contributed by atoms with Crippen LogP contribution in [0.3, 0.4) is 0 Å². The van der Waals surface area contributed by atoms with Gasteiger partial charge in [0, 0.05) is 37.6 Å². The van der Waals surface area contributed by atoms with E-state index in [2.05, 4.69) is 32.6 Å². The zero-order valence-electron chi connectivity index (χ0n) is 17.5. The molecule has 0 radical (unpaired) electrons. The smallest absolute Gasteiger partial charge is 0.271 e. The molecule has 1 saturated heterocycles. The van der Waals surface area contributed by atoms with E-state index in [1.54, 1.807) is 23.4 Å². The van der Waals surface area contributed by atoms with E-state index in [1.807, 2.05) is 30.3 Å². The minimum Gasteiger partial charge on any atom is -0.356 e. The first-order valence-electron chi connectivity index (χ1n) is 10.8. The number of rotatable bonds is 7. The number of aromatic nitrogens is 3. The minimum absolute atomic E-state index is 0.0349. The summed E-state index contributed by atoms with van der Waals surface area (Å²) < 4.78 is 0. The van der Waals surface area contributed by atoms with Crippen LogP contribution in [0, 0.1) is 5.92 Å². The molecule has 1 aliphatic rings. The molecule has 0 saturated carbocycles. The van der Waals surface area contributed by atoms with Crippen LogP contribution in [0.2, 0.25) is 0 Å². The summed E-state index contributed by atoms with van der Waals surface area (Å²) in [6.45, 7) is 1.74. The minimum atomic E-state index is -0.169. The Kier molecular flexibility index (Phi) is 6.72. The number of aryl methyl sites for hydroxylation is 1. The van der Waals surface area contributed by atoms with Gasteiger partial charge >= 0.3 is 0 Å². The lowest BCUT2D eigenvalue weighted by atomic mass is 9.96. The quantitative estimate of drug-likeness (QED) is 0.578. The topological polar surface area (TPSA) is 91.0 Å². The van der Waals surface area contributed by atoms with Gasteiger partial charge in [0.15, 0.2) is 0 Å². The second-order valence-corrected chi connectivity index (χ2v) is 7.87. The van der Waals surface area contributed by atoms with E-state index < -0.39 is 0 Å². The third-order valence-corrected chi connectivity index (χ3v) is 5.65. The third kappa shape index (κ3) is 5.36. The molecule has 1 unspecified atom stereocenters. The lowest BCUT2D eigenvalue weighted by molar-refractivity contribution is -0.126. The molecule has 0 bridgehead atoms. The molecular weight excluding hydrogens is 390 g/mol. The molecule has 1 atom stereocenters. The average Bonchev–Trinajstić information content (AvgIpc) is 3.33. The average molecular weight is 418 g/mol. The lowest BCUT2D eigenvalue weighted by Crippen LogP contribution is -2.45. The molecule has 160 valence electrons. The van der Waals surface area contributed by atoms with Gasteiger partial charge in [-0.3, -0.25) is 19.7 Å². The summed E-state index contributed by atoms with van der Waals surface area (Å²) in [4.78, 5) is 31.3. The molecule has 4 rings (SSSR count). The molecule has 2 amide bonds. The standard InChI is InChI=1S/C24H27N5O2/c30-23(26-12-4-8-18-6-2-1-3-7-18)20-9-5-15-29(17-20)24(31)22-16-21(27-28-22)19-10-13-25-14-11-19/h1-3,6-7,10-11,13-14,16,20H,4-5,8-9,12,15,17H2,(H,26,30)(H,27,28). The van der Waals surface area contributed by atoms with Gasteiger partial charge in [-0.15, -0.1) is 0 Å². The van der Waals surface area contributed by atoms with Crippen LogP contribution in [0.25, 0.3) is 11.3 Å². The first kappa shape index (κ1) is 20.8. The van der Waals surface area contributed by atoms with Gasteiger partial charge in [-0.25, -0.2) is 0 Å². The highest BCUT2D eigenvalue weighted by Crippen LogP contribution is 2.21. The number of nitrogens with zero attached hydrogens (tertiary/aromatic N) is 3. The van der Waals surface area contributed by atoms with Crippen molar-refractivity contribution >= 4 is 11.8 Å². The van der Waals surface area contributed by atoms with Crippen molar-refractivity contribution in [2.24, 2.45) is 5.92 Å². The van der Waals surface area contributed by atoms with Crippen molar-refractivity contribution in [1.82, 2.24) is 25.4 Å². The molecule has 0 aliphatic carbocycles. The summed E-state index contributed by atoms with van der Waals surface area (Å²) in [6, 6.07) is 15.7. The molecule has 2 N–H and O–H groups in total. The van der Waals surface area contributed by atoms with Crippen molar-refractivity contribution in [3.63, 3.8) is 0 Å². The lowest BCUT2D eigenvalue weighted by Gasteiger charge is -2.31. The van der Waals surface area contributed by atoms with Crippen LogP contribution in [0.4, 0.5) is 0 Å². The molecule has 0 spiro atoms. The summed E-state index contributed by atoms with van der Waals surface area (Å²) in [5.74, 6) is -0.251. The Hall–Kier alpha value is -3.48. The number of carbonyl (C=O) groups is 2. The number of likely N-dealkylation sites (tertiary alicyclic amines) is 1. The van der Waals surface area contributed by atoms with Gasteiger partial charge in [0.1, 0.15) is 5.69 Å². The fourth-order valence-corrected chi connectivity index (χ4v) is 3.94. The zero-order valence-corrected chi connectivity index (χ0v) is 17.5. The van der Waals surface area contributed by atoms with Gasteiger partial charge in [-0.1, -0.05) is 30.3 Å². The fourth-order valence-electron chi connectivity index (χ4n) is 3.94. The number of hydrogen-bond donors (Lipinski definition) is 2. The third-order valence-electron chi connectivity index (χ3n) is 5.65. The molecule has 1 aliphatic heterocycles. The van der Waals surface area contributed by atoms with Gasteiger partial charge in [-0.05, 0) is 49.4 Å².